The highest BCUT2D eigenvalue weighted by molar-refractivity contribution is 5.65. The number of hydrogen-bond donors (Lipinski definition) is 1. The lowest BCUT2D eigenvalue weighted by molar-refractivity contribution is -0.284. The first kappa shape index (κ1) is 18.0. The fourth-order valence-corrected chi connectivity index (χ4v) is 2.61. The van der Waals surface area contributed by atoms with Gasteiger partial charge in [0.05, 0.1) is 0 Å². The zero-order valence-corrected chi connectivity index (χ0v) is 11.6. The van der Waals surface area contributed by atoms with Crippen LogP contribution in [0, 0.1) is 0 Å². The van der Waals surface area contributed by atoms with Crippen molar-refractivity contribution in [1.29, 1.82) is 0 Å². The first-order chi connectivity index (χ1) is 9.65. The Labute approximate surface area is 120 Å². The third kappa shape index (κ3) is 5.32. The number of alkyl halides is 5. The molecule has 1 unspecified atom stereocenters. The van der Waals surface area contributed by atoms with Gasteiger partial charge in [-0.3, -0.25) is 0 Å². The lowest BCUT2D eigenvalue weighted by atomic mass is 10.0. The standard InChI is InChI=1S/C13H20F5NO2/c14-12(15,13(16,17)18)8-4-2-1-3-6-10-7-5-9-19(10)11(20)21/h10H,1-9H2,(H,20,21). The summed E-state index contributed by atoms with van der Waals surface area (Å²) in [7, 11) is 0. The fourth-order valence-electron chi connectivity index (χ4n) is 2.61. The van der Waals surface area contributed by atoms with E-state index in [1.807, 2.05) is 0 Å². The topological polar surface area (TPSA) is 40.5 Å². The summed E-state index contributed by atoms with van der Waals surface area (Å²) >= 11 is 0. The van der Waals surface area contributed by atoms with Gasteiger partial charge in [0.15, 0.2) is 0 Å². The molecule has 1 heterocycles. The first-order valence-electron chi connectivity index (χ1n) is 7.09. The van der Waals surface area contributed by atoms with Gasteiger partial charge in [0.25, 0.3) is 0 Å². The summed E-state index contributed by atoms with van der Waals surface area (Å²) in [5.74, 6) is -4.61. The largest absolute Gasteiger partial charge is 0.465 e. The molecule has 1 fully saturated rings. The number of nitrogens with zero attached hydrogens (tertiary/aromatic N) is 1. The molecule has 1 N–H and O–H groups in total. The third-order valence-electron chi connectivity index (χ3n) is 3.82. The van der Waals surface area contributed by atoms with Gasteiger partial charge in [-0.25, -0.2) is 4.79 Å². The number of rotatable bonds is 7. The van der Waals surface area contributed by atoms with Crippen molar-refractivity contribution in [1.82, 2.24) is 4.90 Å². The first-order valence-corrected chi connectivity index (χ1v) is 7.09. The molecule has 0 bridgehead atoms. The number of hydrogen-bond acceptors (Lipinski definition) is 1. The molecule has 0 aromatic heterocycles. The summed E-state index contributed by atoms with van der Waals surface area (Å²) in [5.41, 5.74) is 0. The lowest BCUT2D eigenvalue weighted by Gasteiger charge is -2.21. The number of amides is 1. The molecule has 1 saturated heterocycles. The Hall–Kier alpha value is -1.08. The van der Waals surface area contributed by atoms with Gasteiger partial charge in [-0.15, -0.1) is 0 Å². The molecule has 0 aromatic carbocycles. The summed E-state index contributed by atoms with van der Waals surface area (Å²) in [4.78, 5) is 12.3. The van der Waals surface area contributed by atoms with Crippen molar-refractivity contribution in [2.24, 2.45) is 0 Å². The molecule has 3 nitrogen and oxygen atoms in total. The Morgan fingerprint density at radius 3 is 2.29 bits per heavy atom. The van der Waals surface area contributed by atoms with E-state index in [9.17, 15) is 26.7 Å². The molecule has 21 heavy (non-hydrogen) atoms. The summed E-state index contributed by atoms with van der Waals surface area (Å²) < 4.78 is 61.0. The van der Waals surface area contributed by atoms with Gasteiger partial charge in [-0.1, -0.05) is 19.3 Å². The number of likely N-dealkylation sites (tertiary alicyclic amines) is 1. The average Bonchev–Trinajstić information content (AvgIpc) is 2.80. The number of carboxylic acid groups (broad SMARTS) is 1. The minimum Gasteiger partial charge on any atom is -0.465 e. The van der Waals surface area contributed by atoms with E-state index in [-0.39, 0.29) is 12.5 Å². The van der Waals surface area contributed by atoms with Crippen LogP contribution < -0.4 is 0 Å². The van der Waals surface area contributed by atoms with Gasteiger partial charge in [-0.2, -0.15) is 22.0 Å². The highest BCUT2D eigenvalue weighted by atomic mass is 19.4. The normalized spacial score (nSPS) is 20.0. The quantitative estimate of drug-likeness (QED) is 0.548. The number of halogens is 5. The SMILES string of the molecule is O=C(O)N1CCCC1CCCCCCC(F)(F)C(F)(F)F. The zero-order valence-electron chi connectivity index (χ0n) is 11.6. The predicted octanol–water partition coefficient (Wildman–Crippen LogP) is 4.67. The Morgan fingerprint density at radius 2 is 1.71 bits per heavy atom. The van der Waals surface area contributed by atoms with Crippen LogP contribution in [0.1, 0.15) is 51.4 Å². The van der Waals surface area contributed by atoms with Crippen molar-refractivity contribution in [2.45, 2.75) is 69.5 Å². The predicted molar refractivity (Wildman–Crippen MR) is 66.5 cm³/mol. The maximum Gasteiger partial charge on any atom is 0.453 e. The van der Waals surface area contributed by atoms with Crippen molar-refractivity contribution in [3.8, 4) is 0 Å². The van der Waals surface area contributed by atoms with E-state index in [4.69, 9.17) is 5.11 Å². The molecular weight excluding hydrogens is 297 g/mol. The Bertz CT molecular complexity index is 346. The van der Waals surface area contributed by atoms with E-state index in [0.29, 0.717) is 32.2 Å². The van der Waals surface area contributed by atoms with Crippen LogP contribution in [0.15, 0.2) is 0 Å². The van der Waals surface area contributed by atoms with Crippen LogP contribution in [-0.2, 0) is 0 Å². The van der Waals surface area contributed by atoms with Gasteiger partial charge >= 0.3 is 18.2 Å². The maximum absolute atomic E-state index is 12.6. The fraction of sp³-hybridized carbons (Fsp3) is 0.923. The molecule has 1 amide bonds. The third-order valence-corrected chi connectivity index (χ3v) is 3.82. The molecule has 1 atom stereocenters. The summed E-state index contributed by atoms with van der Waals surface area (Å²) in [6.45, 7) is 0.512. The second kappa shape index (κ2) is 7.26. The van der Waals surface area contributed by atoms with Crippen LogP contribution in [0.3, 0.4) is 0 Å². The second-order valence-electron chi connectivity index (χ2n) is 5.43. The van der Waals surface area contributed by atoms with Gasteiger partial charge < -0.3 is 10.0 Å². The van der Waals surface area contributed by atoms with Gasteiger partial charge in [0.2, 0.25) is 0 Å². The molecule has 0 spiro atoms. The maximum atomic E-state index is 12.6. The Morgan fingerprint density at radius 1 is 1.10 bits per heavy atom. The van der Waals surface area contributed by atoms with E-state index in [1.165, 1.54) is 4.90 Å². The average molecular weight is 317 g/mol. The van der Waals surface area contributed by atoms with Crippen LogP contribution in [0.25, 0.3) is 0 Å². The van der Waals surface area contributed by atoms with E-state index in [2.05, 4.69) is 0 Å². The van der Waals surface area contributed by atoms with Crippen molar-refractivity contribution < 1.29 is 31.9 Å². The van der Waals surface area contributed by atoms with E-state index in [0.717, 1.165) is 12.8 Å². The van der Waals surface area contributed by atoms with Crippen molar-refractivity contribution in [3.63, 3.8) is 0 Å². The van der Waals surface area contributed by atoms with E-state index in [1.54, 1.807) is 0 Å². The second-order valence-corrected chi connectivity index (χ2v) is 5.43. The van der Waals surface area contributed by atoms with E-state index < -0.39 is 24.6 Å². The smallest absolute Gasteiger partial charge is 0.453 e. The molecule has 0 aromatic rings. The molecule has 0 radical (unpaired) electrons. The molecule has 1 rings (SSSR count). The van der Waals surface area contributed by atoms with Crippen LogP contribution in [0.4, 0.5) is 26.7 Å². The minimum atomic E-state index is -5.47. The highest BCUT2D eigenvalue weighted by Crippen LogP contribution is 2.39. The molecule has 124 valence electrons. The number of unbranched alkanes of at least 4 members (excludes halogenated alkanes) is 3. The molecule has 1 aliphatic heterocycles. The molecule has 8 heteroatoms. The lowest BCUT2D eigenvalue weighted by Crippen LogP contribution is -2.36. The van der Waals surface area contributed by atoms with Gasteiger partial charge in [0, 0.05) is 19.0 Å². The number of carbonyl (C=O) groups is 1. The monoisotopic (exact) mass is 317 g/mol. The van der Waals surface area contributed by atoms with Gasteiger partial charge in [0.1, 0.15) is 0 Å². The Balaban J connectivity index is 2.14. The molecular formula is C13H20F5NO2. The van der Waals surface area contributed by atoms with Crippen molar-refractivity contribution in [2.75, 3.05) is 6.54 Å². The van der Waals surface area contributed by atoms with Crippen LogP contribution in [0.5, 0.6) is 0 Å². The summed E-state index contributed by atoms with van der Waals surface area (Å²) in [5, 5.41) is 8.93. The van der Waals surface area contributed by atoms with Crippen molar-refractivity contribution >= 4 is 6.09 Å². The van der Waals surface area contributed by atoms with Crippen LogP contribution >= 0.6 is 0 Å². The van der Waals surface area contributed by atoms with Crippen LogP contribution in [-0.4, -0.2) is 40.8 Å². The zero-order chi connectivity index (χ0) is 16.1. The Kier molecular flexibility index (Phi) is 6.22. The molecule has 1 aliphatic rings. The summed E-state index contributed by atoms with van der Waals surface area (Å²) in [6.07, 6.45) is -4.06. The van der Waals surface area contributed by atoms with Crippen LogP contribution in [0.2, 0.25) is 0 Å². The molecule has 0 saturated carbocycles. The van der Waals surface area contributed by atoms with Gasteiger partial charge in [-0.05, 0) is 25.7 Å². The summed E-state index contributed by atoms with van der Waals surface area (Å²) in [6, 6.07) is -0.0425. The minimum absolute atomic E-state index is 0.0425. The highest BCUT2D eigenvalue weighted by Gasteiger charge is 2.56. The molecule has 0 aliphatic carbocycles. The van der Waals surface area contributed by atoms with Crippen molar-refractivity contribution in [3.05, 3.63) is 0 Å². The van der Waals surface area contributed by atoms with E-state index >= 15 is 0 Å².